The van der Waals surface area contributed by atoms with E-state index in [1.807, 2.05) is 0 Å². The molecule has 0 saturated heterocycles. The third kappa shape index (κ3) is 4.01. The van der Waals surface area contributed by atoms with Crippen molar-refractivity contribution in [3.05, 3.63) is 29.3 Å². The van der Waals surface area contributed by atoms with Crippen molar-refractivity contribution in [3.63, 3.8) is 0 Å². The Hall–Kier alpha value is -1.98. The van der Waals surface area contributed by atoms with Gasteiger partial charge in [0.2, 0.25) is 5.82 Å². The Morgan fingerprint density at radius 2 is 1.84 bits per heavy atom. The SMILES string of the molecule is COC(=O)CCCC(=O)c1cc(F)c(F)c(OC)c1. The summed E-state index contributed by atoms with van der Waals surface area (Å²) in [6.07, 6.45) is 0.430. The lowest BCUT2D eigenvalue weighted by Gasteiger charge is -2.06. The number of Topliss-reactive ketones (excluding diaryl/α,β-unsaturated/α-hetero) is 1. The molecule has 0 aliphatic carbocycles. The molecule has 1 aromatic carbocycles. The van der Waals surface area contributed by atoms with Crippen molar-refractivity contribution in [1.29, 1.82) is 0 Å². The molecule has 4 nitrogen and oxygen atoms in total. The van der Waals surface area contributed by atoms with Crippen LogP contribution in [-0.2, 0) is 9.53 Å². The molecule has 0 atom stereocenters. The Balaban J connectivity index is 2.72. The Morgan fingerprint density at radius 3 is 2.42 bits per heavy atom. The minimum atomic E-state index is -1.14. The molecule has 0 aromatic heterocycles. The van der Waals surface area contributed by atoms with Crippen LogP contribution in [0.25, 0.3) is 0 Å². The van der Waals surface area contributed by atoms with Crippen molar-refractivity contribution in [2.75, 3.05) is 14.2 Å². The van der Waals surface area contributed by atoms with Crippen LogP contribution in [0.3, 0.4) is 0 Å². The average Bonchev–Trinajstić information content (AvgIpc) is 2.41. The van der Waals surface area contributed by atoms with E-state index in [1.165, 1.54) is 14.2 Å². The van der Waals surface area contributed by atoms with Crippen LogP contribution in [0.1, 0.15) is 29.6 Å². The van der Waals surface area contributed by atoms with Gasteiger partial charge in [-0.1, -0.05) is 0 Å². The summed E-state index contributed by atoms with van der Waals surface area (Å²) in [5.41, 5.74) is 0.0145. The van der Waals surface area contributed by atoms with E-state index in [-0.39, 0.29) is 36.4 Å². The first-order valence-electron chi connectivity index (χ1n) is 5.62. The number of esters is 1. The van der Waals surface area contributed by atoms with Gasteiger partial charge in [0, 0.05) is 18.4 Å². The smallest absolute Gasteiger partial charge is 0.305 e. The number of ether oxygens (including phenoxy) is 2. The Kier molecular flexibility index (Phi) is 5.41. The summed E-state index contributed by atoms with van der Waals surface area (Å²) in [5.74, 6) is -3.41. The van der Waals surface area contributed by atoms with Gasteiger partial charge in [-0.2, -0.15) is 4.39 Å². The number of benzene rings is 1. The van der Waals surface area contributed by atoms with Gasteiger partial charge in [-0.15, -0.1) is 0 Å². The van der Waals surface area contributed by atoms with Gasteiger partial charge >= 0.3 is 5.97 Å². The van der Waals surface area contributed by atoms with Crippen LogP contribution < -0.4 is 4.74 Å². The normalized spacial score (nSPS) is 10.1. The summed E-state index contributed by atoms with van der Waals surface area (Å²) in [4.78, 5) is 22.6. The van der Waals surface area contributed by atoms with E-state index >= 15 is 0 Å². The molecule has 0 bridgehead atoms. The maximum atomic E-state index is 13.2. The molecule has 6 heteroatoms. The molecule has 1 aromatic rings. The standard InChI is InChI=1S/C13H14F2O4/c1-18-11-7-8(6-9(14)13(11)15)10(16)4-3-5-12(17)19-2/h6-7H,3-5H2,1-2H3. The highest BCUT2D eigenvalue weighted by Gasteiger charge is 2.15. The van der Waals surface area contributed by atoms with E-state index < -0.39 is 17.6 Å². The van der Waals surface area contributed by atoms with E-state index in [0.29, 0.717) is 0 Å². The lowest BCUT2D eigenvalue weighted by Crippen LogP contribution is -2.05. The molecule has 0 unspecified atom stereocenters. The number of halogens is 2. The highest BCUT2D eigenvalue weighted by Crippen LogP contribution is 2.23. The minimum Gasteiger partial charge on any atom is -0.494 e. The number of rotatable bonds is 6. The van der Waals surface area contributed by atoms with E-state index in [0.717, 1.165) is 12.1 Å². The van der Waals surface area contributed by atoms with Crippen molar-refractivity contribution in [1.82, 2.24) is 0 Å². The van der Waals surface area contributed by atoms with Gasteiger partial charge in [0.1, 0.15) is 0 Å². The summed E-state index contributed by atoms with van der Waals surface area (Å²) >= 11 is 0. The van der Waals surface area contributed by atoms with Gasteiger partial charge in [0.05, 0.1) is 14.2 Å². The highest BCUT2D eigenvalue weighted by molar-refractivity contribution is 5.96. The number of carbonyl (C=O) groups excluding carboxylic acids is 2. The van der Waals surface area contributed by atoms with Crippen LogP contribution in [0.5, 0.6) is 5.75 Å². The lowest BCUT2D eigenvalue weighted by atomic mass is 10.0. The fraction of sp³-hybridized carbons (Fsp3) is 0.385. The first kappa shape index (κ1) is 15.1. The summed E-state index contributed by atoms with van der Waals surface area (Å²) in [6.45, 7) is 0. The number of ketones is 1. The van der Waals surface area contributed by atoms with E-state index in [1.54, 1.807) is 0 Å². The van der Waals surface area contributed by atoms with Crippen molar-refractivity contribution in [3.8, 4) is 5.75 Å². The molecule has 0 amide bonds. The van der Waals surface area contributed by atoms with Gasteiger partial charge in [-0.05, 0) is 18.6 Å². The molecule has 0 fully saturated rings. The van der Waals surface area contributed by atoms with Gasteiger partial charge in [0.25, 0.3) is 0 Å². The third-order valence-electron chi connectivity index (χ3n) is 2.55. The molecule has 0 saturated carbocycles. The highest BCUT2D eigenvalue weighted by atomic mass is 19.2. The van der Waals surface area contributed by atoms with Crippen molar-refractivity contribution >= 4 is 11.8 Å². The quantitative estimate of drug-likeness (QED) is 0.589. The van der Waals surface area contributed by atoms with Crippen molar-refractivity contribution in [2.24, 2.45) is 0 Å². The summed E-state index contributed by atoms with van der Waals surface area (Å²) in [5, 5.41) is 0. The van der Waals surface area contributed by atoms with Crippen LogP contribution in [0.2, 0.25) is 0 Å². The predicted octanol–water partition coefficient (Wildman–Crippen LogP) is 2.50. The van der Waals surface area contributed by atoms with E-state index in [4.69, 9.17) is 0 Å². The Morgan fingerprint density at radius 1 is 1.16 bits per heavy atom. The molecule has 0 aliphatic heterocycles. The molecule has 104 valence electrons. The second kappa shape index (κ2) is 6.82. The van der Waals surface area contributed by atoms with Crippen molar-refractivity contribution in [2.45, 2.75) is 19.3 Å². The largest absolute Gasteiger partial charge is 0.494 e. The second-order valence-electron chi connectivity index (χ2n) is 3.83. The van der Waals surface area contributed by atoms with Crippen LogP contribution in [0, 0.1) is 11.6 Å². The van der Waals surface area contributed by atoms with Gasteiger partial charge in [0.15, 0.2) is 17.3 Å². The lowest BCUT2D eigenvalue weighted by molar-refractivity contribution is -0.140. The fourth-order valence-corrected chi connectivity index (χ4v) is 1.51. The molecule has 19 heavy (non-hydrogen) atoms. The second-order valence-corrected chi connectivity index (χ2v) is 3.83. The Labute approximate surface area is 109 Å². The molecular weight excluding hydrogens is 258 g/mol. The Bertz CT molecular complexity index is 486. The summed E-state index contributed by atoms with van der Waals surface area (Å²) in [7, 11) is 2.44. The van der Waals surface area contributed by atoms with Crippen LogP contribution in [0.4, 0.5) is 8.78 Å². The number of hydrogen-bond acceptors (Lipinski definition) is 4. The molecule has 1 rings (SSSR count). The first-order valence-corrected chi connectivity index (χ1v) is 5.62. The molecule has 0 N–H and O–H groups in total. The maximum Gasteiger partial charge on any atom is 0.305 e. The van der Waals surface area contributed by atoms with E-state index in [9.17, 15) is 18.4 Å². The van der Waals surface area contributed by atoms with Crippen LogP contribution >= 0.6 is 0 Å². The molecule has 0 aliphatic rings. The zero-order chi connectivity index (χ0) is 14.4. The van der Waals surface area contributed by atoms with Gasteiger partial charge < -0.3 is 9.47 Å². The van der Waals surface area contributed by atoms with E-state index in [2.05, 4.69) is 9.47 Å². The molecular formula is C13H14F2O4. The minimum absolute atomic E-state index is 0.0145. The zero-order valence-electron chi connectivity index (χ0n) is 10.7. The average molecular weight is 272 g/mol. The summed E-state index contributed by atoms with van der Waals surface area (Å²) < 4.78 is 35.5. The summed E-state index contributed by atoms with van der Waals surface area (Å²) in [6, 6.07) is 1.96. The van der Waals surface area contributed by atoms with Crippen molar-refractivity contribution < 1.29 is 27.8 Å². The molecule has 0 heterocycles. The predicted molar refractivity (Wildman–Crippen MR) is 63.1 cm³/mol. The fourth-order valence-electron chi connectivity index (χ4n) is 1.51. The maximum absolute atomic E-state index is 13.2. The van der Waals surface area contributed by atoms with Gasteiger partial charge in [-0.25, -0.2) is 4.39 Å². The van der Waals surface area contributed by atoms with Crippen LogP contribution in [-0.4, -0.2) is 26.0 Å². The first-order chi connectivity index (χ1) is 8.99. The topological polar surface area (TPSA) is 52.6 Å². The van der Waals surface area contributed by atoms with Gasteiger partial charge in [-0.3, -0.25) is 9.59 Å². The zero-order valence-corrected chi connectivity index (χ0v) is 10.7. The number of carbonyl (C=O) groups is 2. The molecule has 0 radical (unpaired) electrons. The number of hydrogen-bond donors (Lipinski definition) is 0. The molecule has 0 spiro atoms. The van der Waals surface area contributed by atoms with Crippen LogP contribution in [0.15, 0.2) is 12.1 Å². The monoisotopic (exact) mass is 272 g/mol. The third-order valence-corrected chi connectivity index (χ3v) is 2.55. The number of methoxy groups -OCH3 is 2.